The van der Waals surface area contributed by atoms with Crippen molar-refractivity contribution in [3.63, 3.8) is 0 Å². The lowest BCUT2D eigenvalue weighted by Gasteiger charge is -2.33. The fraction of sp³-hybridized carbons (Fsp3) is 0.333. The minimum atomic E-state index is -5.08. The molecule has 0 heterocycles. The molecule has 0 radical (unpaired) electrons. The normalized spacial score (nSPS) is 11.2. The molecule has 180 valence electrons. The van der Waals surface area contributed by atoms with Crippen LogP contribution in [0.15, 0.2) is 48.5 Å². The number of nitrogens with one attached hydrogen (secondary N) is 1. The summed E-state index contributed by atoms with van der Waals surface area (Å²) in [6.45, 7) is 6.53. The maximum Gasteiger partial charge on any atom is 0.490 e. The Morgan fingerprint density at radius 3 is 1.91 bits per heavy atom. The molecule has 1 amide bonds. The maximum absolute atomic E-state index is 11.6. The van der Waals surface area contributed by atoms with Crippen molar-refractivity contribution >= 4 is 23.4 Å². The average Bonchev–Trinajstić information content (AvgIpc) is 2.67. The molecule has 0 fully saturated rings. The van der Waals surface area contributed by atoms with Crippen molar-refractivity contribution in [1.82, 2.24) is 5.32 Å². The summed E-state index contributed by atoms with van der Waals surface area (Å²) in [5.74, 6) is -2.76. The number of carboxylic acids is 1. The second-order valence-corrected chi connectivity index (χ2v) is 7.79. The Labute approximate surface area is 187 Å². The smallest absolute Gasteiger partial charge is 0.475 e. The van der Waals surface area contributed by atoms with Gasteiger partial charge in [0.1, 0.15) is 0 Å². The molecule has 0 aliphatic heterocycles. The first-order valence-corrected chi connectivity index (χ1v) is 9.49. The van der Waals surface area contributed by atoms with Crippen LogP contribution in [0, 0.1) is 10.1 Å². The molecule has 0 aliphatic carbocycles. The van der Waals surface area contributed by atoms with E-state index in [9.17, 15) is 33.2 Å². The number of non-ortho nitro benzene ring substituents is 1. The van der Waals surface area contributed by atoms with Gasteiger partial charge in [0.25, 0.3) is 5.69 Å². The van der Waals surface area contributed by atoms with Crippen LogP contribution in [0.1, 0.15) is 31.9 Å². The highest BCUT2D eigenvalue weighted by Gasteiger charge is 2.38. The Morgan fingerprint density at radius 2 is 1.48 bits per heavy atom. The summed E-state index contributed by atoms with van der Waals surface area (Å²) in [6.07, 6.45) is -6.08. The lowest BCUT2D eigenvalue weighted by atomic mass is 10.0. The minimum absolute atomic E-state index is 0.0635. The second-order valence-electron chi connectivity index (χ2n) is 7.79. The molecule has 12 heteroatoms. The van der Waals surface area contributed by atoms with Crippen molar-refractivity contribution in [1.29, 1.82) is 0 Å². The van der Waals surface area contributed by atoms with Gasteiger partial charge < -0.3 is 15.5 Å². The van der Waals surface area contributed by atoms with Gasteiger partial charge in [-0.1, -0.05) is 24.3 Å². The summed E-state index contributed by atoms with van der Waals surface area (Å²) in [5, 5.41) is 30.7. The van der Waals surface area contributed by atoms with Gasteiger partial charge in [0, 0.05) is 36.4 Å². The minimum Gasteiger partial charge on any atom is -0.475 e. The Morgan fingerprint density at radius 1 is 1.00 bits per heavy atom. The first-order valence-electron chi connectivity index (χ1n) is 9.49. The van der Waals surface area contributed by atoms with E-state index in [0.717, 1.165) is 11.1 Å². The van der Waals surface area contributed by atoms with Crippen molar-refractivity contribution < 1.29 is 37.9 Å². The van der Waals surface area contributed by atoms with Gasteiger partial charge in [-0.3, -0.25) is 15.0 Å². The van der Waals surface area contributed by atoms with Crippen LogP contribution in [0.2, 0.25) is 0 Å². The van der Waals surface area contributed by atoms with E-state index in [0.29, 0.717) is 18.8 Å². The first kappa shape index (κ1) is 27.4. The molecule has 0 saturated heterocycles. The molecule has 0 unspecified atom stereocenters. The number of halogens is 3. The number of anilines is 1. The summed E-state index contributed by atoms with van der Waals surface area (Å²) >= 11 is 0. The van der Waals surface area contributed by atoms with E-state index >= 15 is 0 Å². The van der Waals surface area contributed by atoms with Crippen LogP contribution in [0.3, 0.4) is 0 Å². The van der Waals surface area contributed by atoms with Crippen LogP contribution < -0.4 is 10.2 Å². The van der Waals surface area contributed by atoms with Crippen LogP contribution >= 0.6 is 0 Å². The molecule has 3 N–H and O–H groups in total. The highest BCUT2D eigenvalue weighted by atomic mass is 19.4. The number of rotatable bonds is 6. The van der Waals surface area contributed by atoms with Gasteiger partial charge >= 0.3 is 18.2 Å². The van der Waals surface area contributed by atoms with Crippen molar-refractivity contribution in [3.8, 4) is 0 Å². The number of nitro benzene ring substituents is 1. The van der Waals surface area contributed by atoms with Gasteiger partial charge in [0.05, 0.1) is 4.92 Å². The third-order valence-electron chi connectivity index (χ3n) is 4.05. The summed E-state index contributed by atoms with van der Waals surface area (Å²) in [4.78, 5) is 32.2. The molecule has 0 atom stereocenters. The van der Waals surface area contributed by atoms with Crippen molar-refractivity contribution in [3.05, 3.63) is 69.8 Å². The van der Waals surface area contributed by atoms with Crippen LogP contribution in [0.5, 0.6) is 0 Å². The summed E-state index contributed by atoms with van der Waals surface area (Å²) < 4.78 is 31.7. The monoisotopic (exact) mass is 471 g/mol. The Hall–Kier alpha value is -3.67. The molecule has 2 aromatic carbocycles. The fourth-order valence-electron chi connectivity index (χ4n) is 2.72. The lowest BCUT2D eigenvalue weighted by molar-refractivity contribution is -0.384. The van der Waals surface area contributed by atoms with E-state index in [1.165, 1.54) is 17.0 Å². The standard InChI is InChI=1S/C19H23N3O4.C2HF3O2/c1-19(2,3)21(18(23)24)16-8-4-6-14(10-16)12-20-13-15-7-5-9-17(11-15)22(25)26;3-2(4,5)1(6)7/h4-11,20H,12-13H2,1-3H3,(H,23,24);(H,6,7). The predicted molar refractivity (Wildman–Crippen MR) is 114 cm³/mol. The molecule has 0 spiro atoms. The van der Waals surface area contributed by atoms with E-state index in [1.807, 2.05) is 45.0 Å². The average molecular weight is 471 g/mol. The molecular formula is C21H24F3N3O6. The Bertz CT molecular complexity index is 990. The number of benzene rings is 2. The summed E-state index contributed by atoms with van der Waals surface area (Å²) in [7, 11) is 0. The number of amides is 1. The van der Waals surface area contributed by atoms with Crippen LogP contribution in [-0.4, -0.2) is 38.9 Å². The molecule has 2 rings (SSSR count). The van der Waals surface area contributed by atoms with E-state index in [-0.39, 0.29) is 5.69 Å². The first-order chi connectivity index (χ1) is 15.1. The zero-order chi connectivity index (χ0) is 25.4. The van der Waals surface area contributed by atoms with Crippen molar-refractivity contribution in [2.45, 2.75) is 45.6 Å². The van der Waals surface area contributed by atoms with Crippen molar-refractivity contribution in [2.75, 3.05) is 4.90 Å². The molecule has 0 bridgehead atoms. The third-order valence-corrected chi connectivity index (χ3v) is 4.05. The number of aliphatic carboxylic acids is 1. The number of nitrogens with zero attached hydrogens (tertiary/aromatic N) is 2. The van der Waals surface area contributed by atoms with E-state index in [1.54, 1.807) is 12.1 Å². The van der Waals surface area contributed by atoms with Gasteiger partial charge in [-0.05, 0) is 44.0 Å². The van der Waals surface area contributed by atoms with Gasteiger partial charge in [-0.25, -0.2) is 9.59 Å². The molecule has 0 saturated carbocycles. The van der Waals surface area contributed by atoms with Crippen LogP contribution in [0.4, 0.5) is 29.3 Å². The number of alkyl halides is 3. The van der Waals surface area contributed by atoms with E-state index < -0.39 is 28.7 Å². The second kappa shape index (κ2) is 11.3. The van der Waals surface area contributed by atoms with Gasteiger partial charge in [0.2, 0.25) is 0 Å². The zero-order valence-electron chi connectivity index (χ0n) is 18.1. The SMILES string of the molecule is CC(C)(C)N(C(=O)O)c1cccc(CNCc2cccc([N+](=O)[O-])c2)c1.O=C(O)C(F)(F)F. The van der Waals surface area contributed by atoms with Crippen molar-refractivity contribution in [2.24, 2.45) is 0 Å². The van der Waals surface area contributed by atoms with Gasteiger partial charge in [-0.15, -0.1) is 0 Å². The van der Waals surface area contributed by atoms with Crippen LogP contribution in [0.25, 0.3) is 0 Å². The summed E-state index contributed by atoms with van der Waals surface area (Å²) in [5.41, 5.74) is 1.87. The predicted octanol–water partition coefficient (Wildman–Crippen LogP) is 4.80. The highest BCUT2D eigenvalue weighted by Crippen LogP contribution is 2.25. The van der Waals surface area contributed by atoms with Gasteiger partial charge in [-0.2, -0.15) is 13.2 Å². The number of carboxylic acid groups (broad SMARTS) is 2. The number of carbonyl (C=O) groups is 2. The van der Waals surface area contributed by atoms with Gasteiger partial charge in [0.15, 0.2) is 0 Å². The topological polar surface area (TPSA) is 133 Å². The van der Waals surface area contributed by atoms with Crippen LogP contribution in [-0.2, 0) is 17.9 Å². The number of nitro groups is 1. The Kier molecular flexibility index (Phi) is 9.35. The molecule has 2 aromatic rings. The molecule has 9 nitrogen and oxygen atoms in total. The molecular weight excluding hydrogens is 447 g/mol. The number of hydrogen-bond donors (Lipinski definition) is 3. The quantitative estimate of drug-likeness (QED) is 0.407. The highest BCUT2D eigenvalue weighted by molar-refractivity contribution is 5.87. The maximum atomic E-state index is 11.6. The summed E-state index contributed by atoms with van der Waals surface area (Å²) in [6, 6.07) is 13.8. The lowest BCUT2D eigenvalue weighted by Crippen LogP contribution is -2.45. The molecule has 0 aliphatic rings. The Balaban J connectivity index is 0.000000675. The van der Waals surface area contributed by atoms with E-state index in [2.05, 4.69) is 5.32 Å². The zero-order valence-corrected chi connectivity index (χ0v) is 18.1. The molecule has 33 heavy (non-hydrogen) atoms. The largest absolute Gasteiger partial charge is 0.490 e. The van der Waals surface area contributed by atoms with E-state index in [4.69, 9.17) is 9.90 Å². The molecule has 0 aromatic heterocycles. The third kappa shape index (κ3) is 9.15. The number of hydrogen-bond acceptors (Lipinski definition) is 5. The fourth-order valence-corrected chi connectivity index (χ4v) is 2.72.